The first-order valence-electron chi connectivity index (χ1n) is 9.79. The van der Waals surface area contributed by atoms with Gasteiger partial charge in [-0.2, -0.15) is 0 Å². The molecule has 0 aromatic rings. The molecule has 2 unspecified atom stereocenters. The Hall–Kier alpha value is -0.650. The Morgan fingerprint density at radius 3 is 2.32 bits per heavy atom. The fraction of sp³-hybridized carbons (Fsp3) is 0.895. The summed E-state index contributed by atoms with van der Waals surface area (Å²) in [5, 5.41) is 6.50. The summed E-state index contributed by atoms with van der Waals surface area (Å²) in [5.41, 5.74) is -0.0573. The molecule has 1 aliphatic carbocycles. The highest BCUT2D eigenvalue weighted by Gasteiger charge is 2.58. The number of methoxy groups -OCH3 is 2. The molecule has 2 N–H and O–H groups in total. The van der Waals surface area contributed by atoms with Crippen molar-refractivity contribution in [3.63, 3.8) is 0 Å². The largest absolute Gasteiger partial charge is 0.383 e. The van der Waals surface area contributed by atoms with Gasteiger partial charge in [0, 0.05) is 65.4 Å². The number of hydrogen-bond acceptors (Lipinski definition) is 5. The molecular weight excluding hydrogens is 473 g/mol. The van der Waals surface area contributed by atoms with Crippen molar-refractivity contribution in [1.29, 1.82) is 0 Å². The normalized spacial score (nSPS) is 27.6. The standard InChI is InChI=1S/C19H37N5O3.HI/c1-18(2)15(13-19(18,3)27-6)22-17(20-4)24-10-8-23(9-11-24)14-16(25)21-7-12-26-5;/h15H,7-14H2,1-6H3,(H,20,22)(H,21,25);1H. The second kappa shape index (κ2) is 10.9. The average molecular weight is 511 g/mol. The number of rotatable bonds is 7. The van der Waals surface area contributed by atoms with E-state index >= 15 is 0 Å². The van der Waals surface area contributed by atoms with Gasteiger partial charge in [0.15, 0.2) is 5.96 Å². The number of nitrogens with one attached hydrogen (secondary N) is 2. The van der Waals surface area contributed by atoms with Crippen LogP contribution in [0.3, 0.4) is 0 Å². The number of aliphatic imine (C=N–C) groups is 1. The number of amides is 1. The Labute approximate surface area is 186 Å². The van der Waals surface area contributed by atoms with E-state index in [0.29, 0.717) is 25.7 Å². The molecule has 0 radical (unpaired) electrons. The molecular formula is C19H38IN5O3. The van der Waals surface area contributed by atoms with Crippen molar-refractivity contribution in [2.45, 2.75) is 38.8 Å². The third kappa shape index (κ3) is 5.70. The Morgan fingerprint density at radius 1 is 1.18 bits per heavy atom. The quantitative estimate of drug-likeness (QED) is 0.228. The molecule has 0 spiro atoms. The lowest BCUT2D eigenvalue weighted by Gasteiger charge is -2.59. The second-order valence-electron chi connectivity index (χ2n) is 8.21. The predicted molar refractivity (Wildman–Crippen MR) is 122 cm³/mol. The Balaban J connectivity index is 0.00000392. The van der Waals surface area contributed by atoms with Gasteiger partial charge in [0.05, 0.1) is 18.8 Å². The lowest BCUT2D eigenvalue weighted by atomic mass is 9.56. The Bertz CT molecular complexity index is 538. The van der Waals surface area contributed by atoms with Gasteiger partial charge in [-0.3, -0.25) is 14.7 Å². The monoisotopic (exact) mass is 511 g/mol. The van der Waals surface area contributed by atoms with E-state index in [-0.39, 0.29) is 40.9 Å². The third-order valence-electron chi connectivity index (χ3n) is 6.46. The van der Waals surface area contributed by atoms with Crippen LogP contribution >= 0.6 is 24.0 Å². The van der Waals surface area contributed by atoms with Crippen LogP contribution in [0.5, 0.6) is 0 Å². The molecule has 164 valence electrons. The molecule has 0 bridgehead atoms. The van der Waals surface area contributed by atoms with E-state index in [1.165, 1.54) is 0 Å². The number of nitrogens with zero attached hydrogens (tertiary/aromatic N) is 3. The molecule has 1 saturated heterocycles. The van der Waals surface area contributed by atoms with Crippen LogP contribution in [-0.4, -0.2) is 100 Å². The molecule has 28 heavy (non-hydrogen) atoms. The summed E-state index contributed by atoms with van der Waals surface area (Å²) >= 11 is 0. The lowest BCUT2D eigenvalue weighted by molar-refractivity contribution is -0.177. The van der Waals surface area contributed by atoms with E-state index in [0.717, 1.165) is 38.6 Å². The van der Waals surface area contributed by atoms with E-state index in [1.54, 1.807) is 14.2 Å². The van der Waals surface area contributed by atoms with Crippen molar-refractivity contribution in [1.82, 2.24) is 20.4 Å². The van der Waals surface area contributed by atoms with E-state index in [9.17, 15) is 4.79 Å². The predicted octanol–water partition coefficient (Wildman–Crippen LogP) is 0.764. The first-order chi connectivity index (χ1) is 12.8. The smallest absolute Gasteiger partial charge is 0.234 e. The number of guanidine groups is 1. The molecule has 1 heterocycles. The summed E-state index contributed by atoms with van der Waals surface area (Å²) < 4.78 is 10.7. The summed E-state index contributed by atoms with van der Waals surface area (Å²) in [5.74, 6) is 0.994. The van der Waals surface area contributed by atoms with Crippen LogP contribution in [0.2, 0.25) is 0 Å². The molecule has 2 atom stereocenters. The number of halogens is 1. The van der Waals surface area contributed by atoms with E-state index < -0.39 is 0 Å². The average Bonchev–Trinajstić information content (AvgIpc) is 2.65. The van der Waals surface area contributed by atoms with Crippen molar-refractivity contribution in [2.24, 2.45) is 10.4 Å². The summed E-state index contributed by atoms with van der Waals surface area (Å²) in [6.45, 7) is 11.6. The molecule has 1 amide bonds. The fourth-order valence-corrected chi connectivity index (χ4v) is 3.85. The minimum atomic E-state index is -0.0988. The first kappa shape index (κ1) is 25.4. The minimum Gasteiger partial charge on any atom is -0.383 e. The molecule has 0 aromatic heterocycles. The topological polar surface area (TPSA) is 78.4 Å². The molecule has 2 aliphatic rings. The number of carbonyl (C=O) groups excluding carboxylic acids is 1. The van der Waals surface area contributed by atoms with Gasteiger partial charge in [0.2, 0.25) is 5.91 Å². The van der Waals surface area contributed by atoms with Gasteiger partial charge in [0.1, 0.15) is 0 Å². The third-order valence-corrected chi connectivity index (χ3v) is 6.46. The van der Waals surface area contributed by atoms with E-state index in [4.69, 9.17) is 9.47 Å². The van der Waals surface area contributed by atoms with Crippen LogP contribution in [0, 0.1) is 5.41 Å². The van der Waals surface area contributed by atoms with Gasteiger partial charge in [0.25, 0.3) is 0 Å². The maximum Gasteiger partial charge on any atom is 0.234 e. The van der Waals surface area contributed by atoms with Gasteiger partial charge in [-0.1, -0.05) is 13.8 Å². The highest BCUT2D eigenvalue weighted by Crippen LogP contribution is 2.51. The highest BCUT2D eigenvalue weighted by molar-refractivity contribution is 14.0. The SMILES string of the molecule is CN=C(NC1CC(C)(OC)C1(C)C)N1CCN(CC(=O)NCCOC)CC1.I. The van der Waals surface area contributed by atoms with Crippen LogP contribution in [0.25, 0.3) is 0 Å². The molecule has 1 aliphatic heterocycles. The molecule has 1 saturated carbocycles. The van der Waals surface area contributed by atoms with Crippen LogP contribution in [0.1, 0.15) is 27.2 Å². The molecule has 0 aromatic carbocycles. The molecule has 2 fully saturated rings. The lowest BCUT2D eigenvalue weighted by Crippen LogP contribution is -2.70. The number of ether oxygens (including phenoxy) is 2. The summed E-state index contributed by atoms with van der Waals surface area (Å²) in [6.07, 6.45) is 0.969. The zero-order valence-corrected chi connectivity index (χ0v) is 20.5. The van der Waals surface area contributed by atoms with Crippen LogP contribution in [-0.2, 0) is 14.3 Å². The maximum atomic E-state index is 11.9. The summed E-state index contributed by atoms with van der Waals surface area (Å²) in [6, 6.07) is 0.339. The van der Waals surface area contributed by atoms with E-state index in [2.05, 4.69) is 46.2 Å². The van der Waals surface area contributed by atoms with Crippen molar-refractivity contribution in [2.75, 3.05) is 67.1 Å². The van der Waals surface area contributed by atoms with Crippen LogP contribution in [0.4, 0.5) is 0 Å². The number of piperazine rings is 1. The molecule has 2 rings (SSSR count). The van der Waals surface area contributed by atoms with Crippen molar-refractivity contribution < 1.29 is 14.3 Å². The molecule has 9 heteroatoms. The van der Waals surface area contributed by atoms with Crippen LogP contribution < -0.4 is 10.6 Å². The number of hydrogen-bond donors (Lipinski definition) is 2. The summed E-state index contributed by atoms with van der Waals surface area (Å²) in [7, 11) is 5.25. The second-order valence-corrected chi connectivity index (χ2v) is 8.21. The molecule has 8 nitrogen and oxygen atoms in total. The van der Waals surface area contributed by atoms with Gasteiger partial charge >= 0.3 is 0 Å². The number of carbonyl (C=O) groups is 1. The van der Waals surface area contributed by atoms with Crippen molar-refractivity contribution in [3.8, 4) is 0 Å². The van der Waals surface area contributed by atoms with Crippen LogP contribution in [0.15, 0.2) is 4.99 Å². The van der Waals surface area contributed by atoms with Crippen molar-refractivity contribution in [3.05, 3.63) is 0 Å². The zero-order chi connectivity index (χ0) is 20.1. The fourth-order valence-electron chi connectivity index (χ4n) is 3.85. The van der Waals surface area contributed by atoms with Gasteiger partial charge in [-0.15, -0.1) is 24.0 Å². The van der Waals surface area contributed by atoms with Crippen molar-refractivity contribution >= 4 is 35.8 Å². The van der Waals surface area contributed by atoms with Gasteiger partial charge in [-0.05, 0) is 13.3 Å². The Morgan fingerprint density at radius 2 is 1.82 bits per heavy atom. The Kier molecular flexibility index (Phi) is 9.92. The van der Waals surface area contributed by atoms with Gasteiger partial charge < -0.3 is 25.0 Å². The first-order valence-corrected chi connectivity index (χ1v) is 9.79. The zero-order valence-electron chi connectivity index (χ0n) is 18.2. The highest BCUT2D eigenvalue weighted by atomic mass is 127. The summed E-state index contributed by atoms with van der Waals surface area (Å²) in [4.78, 5) is 20.9. The van der Waals surface area contributed by atoms with E-state index in [1.807, 2.05) is 7.05 Å². The van der Waals surface area contributed by atoms with Gasteiger partial charge in [-0.25, -0.2) is 0 Å². The maximum absolute atomic E-state index is 11.9. The minimum absolute atomic E-state index is 0.